The Kier molecular flexibility index (Phi) is 3.64. The maximum atomic E-state index is 12.3. The molecule has 4 nitrogen and oxygen atoms in total. The highest BCUT2D eigenvalue weighted by molar-refractivity contribution is 7.18. The fraction of sp³-hybridized carbons (Fsp3) is 0.688. The lowest BCUT2D eigenvalue weighted by Gasteiger charge is -2.38. The Labute approximate surface area is 130 Å². The van der Waals surface area contributed by atoms with Crippen LogP contribution in [0.25, 0.3) is 0 Å². The molecule has 2 saturated carbocycles. The first-order chi connectivity index (χ1) is 9.91. The molecule has 1 aromatic heterocycles. The highest BCUT2D eigenvalue weighted by Crippen LogP contribution is 2.51. The van der Waals surface area contributed by atoms with Crippen LogP contribution in [0.5, 0.6) is 0 Å². The Morgan fingerprint density at radius 1 is 1.43 bits per heavy atom. The quantitative estimate of drug-likeness (QED) is 0.875. The highest BCUT2D eigenvalue weighted by atomic mass is 32.1. The van der Waals surface area contributed by atoms with Gasteiger partial charge in [0, 0.05) is 26.2 Å². The van der Waals surface area contributed by atoms with Crippen molar-refractivity contribution >= 4 is 27.9 Å². The van der Waals surface area contributed by atoms with Gasteiger partial charge in [-0.3, -0.25) is 4.79 Å². The topological polar surface area (TPSA) is 58.4 Å². The van der Waals surface area contributed by atoms with E-state index in [1.165, 1.54) is 49.0 Å². The minimum atomic E-state index is 0.0160. The van der Waals surface area contributed by atoms with Gasteiger partial charge in [-0.05, 0) is 37.0 Å². The first-order valence-electron chi connectivity index (χ1n) is 7.79. The lowest BCUT2D eigenvalue weighted by atomic mass is 9.70. The Bertz CT molecular complexity index is 556. The summed E-state index contributed by atoms with van der Waals surface area (Å²) in [7, 11) is 3.56. The Balaban J connectivity index is 1.84. The zero-order valence-corrected chi connectivity index (χ0v) is 14.0. The number of carbonyl (C=O) groups is 1. The molecule has 0 radical (unpaired) electrons. The minimum Gasteiger partial charge on any atom is -0.397 e. The van der Waals surface area contributed by atoms with E-state index in [4.69, 9.17) is 5.73 Å². The Hall–Kier alpha value is -1.23. The van der Waals surface area contributed by atoms with Crippen molar-refractivity contribution in [3.63, 3.8) is 0 Å². The molecule has 0 atom stereocenters. The fourth-order valence-electron chi connectivity index (χ4n) is 2.98. The molecule has 0 spiro atoms. The summed E-state index contributed by atoms with van der Waals surface area (Å²) in [6.07, 6.45) is 6.32. The highest BCUT2D eigenvalue weighted by Gasteiger charge is 2.35. The van der Waals surface area contributed by atoms with Crippen molar-refractivity contribution in [1.29, 1.82) is 0 Å². The number of nitrogens with two attached hydrogens (primary N) is 1. The van der Waals surface area contributed by atoms with Crippen molar-refractivity contribution in [2.24, 2.45) is 5.41 Å². The maximum absolute atomic E-state index is 12.3. The average Bonchev–Trinajstić information content (AvgIpc) is 3.18. The van der Waals surface area contributed by atoms with E-state index in [9.17, 15) is 4.79 Å². The minimum absolute atomic E-state index is 0.0160. The Morgan fingerprint density at radius 2 is 2.10 bits per heavy atom. The molecule has 2 aliphatic rings. The summed E-state index contributed by atoms with van der Waals surface area (Å²) in [5, 5.41) is 4.73. The summed E-state index contributed by atoms with van der Waals surface area (Å²) in [6, 6.07) is 0. The van der Waals surface area contributed by atoms with Crippen molar-refractivity contribution in [1.82, 2.24) is 4.90 Å². The largest absolute Gasteiger partial charge is 0.397 e. The molecule has 21 heavy (non-hydrogen) atoms. The van der Waals surface area contributed by atoms with E-state index in [0.29, 0.717) is 21.9 Å². The van der Waals surface area contributed by atoms with Gasteiger partial charge in [0.1, 0.15) is 4.88 Å². The van der Waals surface area contributed by atoms with Gasteiger partial charge in [0.2, 0.25) is 0 Å². The molecule has 3 N–H and O–H groups in total. The number of anilines is 2. The Morgan fingerprint density at radius 3 is 2.57 bits per heavy atom. The van der Waals surface area contributed by atoms with Crippen molar-refractivity contribution in [3.05, 3.63) is 10.4 Å². The summed E-state index contributed by atoms with van der Waals surface area (Å²) in [5.74, 6) is 0.573. The zero-order valence-electron chi connectivity index (χ0n) is 13.2. The summed E-state index contributed by atoms with van der Waals surface area (Å²) in [6.45, 7) is 3.32. The smallest absolute Gasteiger partial charge is 0.265 e. The number of rotatable bonds is 5. The number of nitrogens with one attached hydrogen (secondary N) is 1. The summed E-state index contributed by atoms with van der Waals surface area (Å²) in [4.78, 5) is 14.6. The number of hydrogen-bond acceptors (Lipinski definition) is 4. The van der Waals surface area contributed by atoms with Crippen LogP contribution in [-0.2, 0) is 0 Å². The lowest BCUT2D eigenvalue weighted by molar-refractivity contribution is 0.0833. The van der Waals surface area contributed by atoms with Crippen molar-refractivity contribution < 1.29 is 4.79 Å². The van der Waals surface area contributed by atoms with E-state index in [0.717, 1.165) is 11.5 Å². The van der Waals surface area contributed by atoms with E-state index in [1.807, 2.05) is 0 Å². The van der Waals surface area contributed by atoms with Gasteiger partial charge < -0.3 is 16.0 Å². The molecule has 1 amide bonds. The standard InChI is InChI=1S/C16H25N3OS/c1-16(7-4-8-16)9-18-14-11(10-5-6-10)12(17)13(21-14)15(20)19(2)3/h10,18H,4-9,17H2,1-3H3. The van der Waals surface area contributed by atoms with Crippen LogP contribution >= 0.6 is 11.3 Å². The van der Waals surface area contributed by atoms with Gasteiger partial charge in [-0.15, -0.1) is 11.3 Å². The van der Waals surface area contributed by atoms with Crippen LogP contribution in [-0.4, -0.2) is 31.4 Å². The maximum Gasteiger partial charge on any atom is 0.265 e. The van der Waals surface area contributed by atoms with E-state index in [-0.39, 0.29) is 5.91 Å². The molecule has 2 fully saturated rings. The average molecular weight is 307 g/mol. The molecule has 116 valence electrons. The lowest BCUT2D eigenvalue weighted by Crippen LogP contribution is -2.33. The van der Waals surface area contributed by atoms with Crippen LogP contribution in [0, 0.1) is 5.41 Å². The molecule has 3 rings (SSSR count). The molecular formula is C16H25N3OS. The second kappa shape index (κ2) is 5.20. The number of nitrogen functional groups attached to an aromatic ring is 1. The van der Waals surface area contributed by atoms with Gasteiger partial charge in [0.25, 0.3) is 5.91 Å². The van der Waals surface area contributed by atoms with Crippen LogP contribution in [0.1, 0.15) is 60.2 Å². The molecule has 0 aliphatic heterocycles. The molecular weight excluding hydrogens is 282 g/mol. The third-order valence-corrected chi connectivity index (χ3v) is 5.97. The first-order valence-corrected chi connectivity index (χ1v) is 8.60. The summed E-state index contributed by atoms with van der Waals surface area (Å²) in [5.41, 5.74) is 8.63. The van der Waals surface area contributed by atoms with E-state index in [2.05, 4.69) is 12.2 Å². The zero-order chi connectivity index (χ0) is 15.2. The van der Waals surface area contributed by atoms with Gasteiger partial charge in [0.05, 0.1) is 10.7 Å². The van der Waals surface area contributed by atoms with E-state index in [1.54, 1.807) is 19.0 Å². The number of carbonyl (C=O) groups excluding carboxylic acids is 1. The third-order valence-electron chi connectivity index (χ3n) is 4.81. The molecule has 0 aromatic carbocycles. The van der Waals surface area contributed by atoms with Gasteiger partial charge >= 0.3 is 0 Å². The summed E-state index contributed by atoms with van der Waals surface area (Å²) < 4.78 is 0. The SMILES string of the molecule is CN(C)C(=O)c1sc(NCC2(C)CCC2)c(C2CC2)c1N. The fourth-order valence-corrected chi connectivity index (χ4v) is 4.20. The van der Waals surface area contributed by atoms with Crippen molar-refractivity contribution in [2.75, 3.05) is 31.7 Å². The van der Waals surface area contributed by atoms with Crippen LogP contribution in [0.3, 0.4) is 0 Å². The van der Waals surface area contributed by atoms with E-state index >= 15 is 0 Å². The molecule has 0 bridgehead atoms. The number of nitrogens with zero attached hydrogens (tertiary/aromatic N) is 1. The van der Waals surface area contributed by atoms with Crippen LogP contribution in [0.15, 0.2) is 0 Å². The van der Waals surface area contributed by atoms with Gasteiger partial charge in [0.15, 0.2) is 0 Å². The molecule has 1 heterocycles. The van der Waals surface area contributed by atoms with Crippen molar-refractivity contribution in [2.45, 2.75) is 44.9 Å². The molecule has 1 aromatic rings. The number of hydrogen-bond donors (Lipinski definition) is 2. The van der Waals surface area contributed by atoms with Gasteiger partial charge in [-0.1, -0.05) is 13.3 Å². The second-order valence-electron chi connectivity index (χ2n) is 7.08. The number of amides is 1. The predicted molar refractivity (Wildman–Crippen MR) is 89.2 cm³/mol. The molecule has 2 aliphatic carbocycles. The molecule has 0 saturated heterocycles. The number of thiophene rings is 1. The third kappa shape index (κ3) is 2.76. The summed E-state index contributed by atoms with van der Waals surface area (Å²) >= 11 is 1.54. The molecule has 5 heteroatoms. The normalized spacial score (nSPS) is 20.0. The van der Waals surface area contributed by atoms with Gasteiger partial charge in [-0.2, -0.15) is 0 Å². The van der Waals surface area contributed by atoms with E-state index < -0.39 is 0 Å². The van der Waals surface area contributed by atoms with Crippen LogP contribution in [0.4, 0.5) is 10.7 Å². The first kappa shape index (κ1) is 14.7. The second-order valence-corrected chi connectivity index (χ2v) is 8.10. The van der Waals surface area contributed by atoms with Crippen LogP contribution in [0.2, 0.25) is 0 Å². The monoisotopic (exact) mass is 307 g/mol. The molecule has 0 unspecified atom stereocenters. The van der Waals surface area contributed by atoms with Gasteiger partial charge in [-0.25, -0.2) is 0 Å². The van der Waals surface area contributed by atoms with Crippen molar-refractivity contribution in [3.8, 4) is 0 Å². The van der Waals surface area contributed by atoms with Crippen LogP contribution < -0.4 is 11.1 Å². The predicted octanol–water partition coefficient (Wildman–Crippen LogP) is 3.51.